The Kier molecular flexibility index (Phi) is 6.10. The normalized spacial score (nSPS) is 18.0. The van der Waals surface area contributed by atoms with Crippen molar-refractivity contribution in [2.45, 2.75) is 37.8 Å². The summed E-state index contributed by atoms with van der Waals surface area (Å²) in [6, 6.07) is 15.4. The van der Waals surface area contributed by atoms with E-state index in [4.69, 9.17) is 4.74 Å². The largest absolute Gasteiger partial charge is 0.392 e. The zero-order valence-electron chi connectivity index (χ0n) is 23.1. The number of nitrogens with zero attached hydrogens (tertiary/aromatic N) is 3. The molecule has 0 unspecified atom stereocenters. The molecule has 0 amide bonds. The van der Waals surface area contributed by atoms with Crippen molar-refractivity contribution in [1.29, 1.82) is 0 Å². The van der Waals surface area contributed by atoms with Gasteiger partial charge in [-0.25, -0.2) is 9.37 Å². The van der Waals surface area contributed by atoms with Gasteiger partial charge in [-0.15, -0.1) is 0 Å². The highest BCUT2D eigenvalue weighted by Gasteiger charge is 2.28. The molecule has 1 saturated heterocycles. The smallest absolute Gasteiger partial charge is 0.265 e. The molecular formula is C34H31FN4O3. The minimum atomic E-state index is -0.493. The second-order valence-electron chi connectivity index (χ2n) is 11.7. The van der Waals surface area contributed by atoms with E-state index in [1.807, 2.05) is 24.3 Å². The Hall–Kier alpha value is -4.11. The van der Waals surface area contributed by atoms with E-state index in [0.29, 0.717) is 28.6 Å². The fourth-order valence-electron chi connectivity index (χ4n) is 6.54. The van der Waals surface area contributed by atoms with Crippen LogP contribution < -0.4 is 5.56 Å². The van der Waals surface area contributed by atoms with Gasteiger partial charge < -0.3 is 14.8 Å². The highest BCUT2D eigenvalue weighted by Crippen LogP contribution is 2.41. The van der Waals surface area contributed by atoms with E-state index in [2.05, 4.69) is 27.0 Å². The molecule has 2 fully saturated rings. The molecule has 2 aromatic carbocycles. The summed E-state index contributed by atoms with van der Waals surface area (Å²) >= 11 is 0. The van der Waals surface area contributed by atoms with Crippen LogP contribution in [0.15, 0.2) is 71.8 Å². The molecule has 5 aromatic rings. The van der Waals surface area contributed by atoms with Crippen molar-refractivity contribution in [1.82, 2.24) is 19.4 Å². The first-order valence-electron chi connectivity index (χ1n) is 14.7. The molecule has 3 aromatic heterocycles. The van der Waals surface area contributed by atoms with Crippen LogP contribution in [0.1, 0.15) is 42.0 Å². The molecule has 212 valence electrons. The van der Waals surface area contributed by atoms with Crippen LogP contribution in [0, 0.1) is 5.82 Å². The van der Waals surface area contributed by atoms with Gasteiger partial charge in [-0.1, -0.05) is 24.3 Å². The van der Waals surface area contributed by atoms with Crippen molar-refractivity contribution in [3.05, 3.63) is 100.0 Å². The molecule has 42 heavy (non-hydrogen) atoms. The van der Waals surface area contributed by atoms with E-state index in [1.165, 1.54) is 16.2 Å². The number of aromatic amines is 1. The number of rotatable bonds is 6. The van der Waals surface area contributed by atoms with Gasteiger partial charge in [0.15, 0.2) is 0 Å². The fourth-order valence-corrected chi connectivity index (χ4v) is 6.54. The summed E-state index contributed by atoms with van der Waals surface area (Å²) in [6.45, 7) is 3.24. The second-order valence-corrected chi connectivity index (χ2v) is 11.7. The molecule has 0 spiro atoms. The van der Waals surface area contributed by atoms with Gasteiger partial charge in [-0.3, -0.25) is 14.3 Å². The summed E-state index contributed by atoms with van der Waals surface area (Å²) in [7, 11) is 0. The summed E-state index contributed by atoms with van der Waals surface area (Å²) in [4.78, 5) is 24.2. The Bertz CT molecular complexity index is 1950. The minimum absolute atomic E-state index is 0.0712. The third kappa shape index (κ3) is 4.21. The van der Waals surface area contributed by atoms with Gasteiger partial charge in [0, 0.05) is 42.1 Å². The minimum Gasteiger partial charge on any atom is -0.392 e. The molecule has 5 heterocycles. The Balaban J connectivity index is 1.20. The maximum Gasteiger partial charge on any atom is 0.265 e. The maximum absolute atomic E-state index is 15.2. The Morgan fingerprint density at radius 2 is 1.98 bits per heavy atom. The number of hydrogen-bond donors (Lipinski definition) is 2. The Morgan fingerprint density at radius 3 is 2.71 bits per heavy atom. The van der Waals surface area contributed by atoms with Gasteiger partial charge in [0.1, 0.15) is 11.5 Å². The van der Waals surface area contributed by atoms with Crippen LogP contribution in [0.5, 0.6) is 0 Å². The van der Waals surface area contributed by atoms with Crippen LogP contribution in [-0.4, -0.2) is 56.9 Å². The van der Waals surface area contributed by atoms with E-state index < -0.39 is 11.4 Å². The number of benzene rings is 2. The van der Waals surface area contributed by atoms with Crippen LogP contribution in [-0.2, 0) is 11.3 Å². The predicted octanol–water partition coefficient (Wildman–Crippen LogP) is 5.53. The summed E-state index contributed by atoms with van der Waals surface area (Å²) < 4.78 is 22.1. The molecular weight excluding hydrogens is 531 g/mol. The van der Waals surface area contributed by atoms with E-state index in [0.717, 1.165) is 79.0 Å². The van der Waals surface area contributed by atoms with E-state index in [1.54, 1.807) is 24.5 Å². The van der Waals surface area contributed by atoms with Crippen LogP contribution in [0.25, 0.3) is 44.2 Å². The number of aromatic nitrogens is 3. The lowest BCUT2D eigenvalue weighted by molar-refractivity contribution is -0.0612. The quantitative estimate of drug-likeness (QED) is 0.284. The van der Waals surface area contributed by atoms with E-state index in [9.17, 15) is 9.90 Å². The zero-order valence-corrected chi connectivity index (χ0v) is 23.1. The number of halogens is 1. The van der Waals surface area contributed by atoms with Crippen molar-refractivity contribution in [3.63, 3.8) is 0 Å². The van der Waals surface area contributed by atoms with E-state index in [-0.39, 0.29) is 12.0 Å². The number of H-pyrrole nitrogens is 1. The predicted molar refractivity (Wildman–Crippen MR) is 161 cm³/mol. The van der Waals surface area contributed by atoms with Crippen LogP contribution in [0.3, 0.4) is 0 Å². The van der Waals surface area contributed by atoms with Gasteiger partial charge in [-0.05, 0) is 83.2 Å². The Morgan fingerprint density at radius 1 is 1.10 bits per heavy atom. The van der Waals surface area contributed by atoms with Gasteiger partial charge in [0.05, 0.1) is 36.9 Å². The number of nitrogens with one attached hydrogen (secondary N) is 1. The molecule has 2 N–H and O–H groups in total. The highest BCUT2D eigenvalue weighted by molar-refractivity contribution is 5.96. The van der Waals surface area contributed by atoms with Crippen LogP contribution in [0.4, 0.5) is 4.39 Å². The molecule has 0 atom stereocenters. The van der Waals surface area contributed by atoms with Crippen LogP contribution >= 0.6 is 0 Å². The summed E-state index contributed by atoms with van der Waals surface area (Å²) in [5, 5.41) is 12.2. The van der Waals surface area contributed by atoms with Gasteiger partial charge in [0.2, 0.25) is 0 Å². The molecule has 3 aliphatic rings. The van der Waals surface area contributed by atoms with Crippen molar-refractivity contribution in [2.24, 2.45) is 0 Å². The average Bonchev–Trinajstić information content (AvgIpc) is 3.74. The first-order chi connectivity index (χ1) is 20.6. The Labute approximate surface area is 241 Å². The molecule has 8 rings (SSSR count). The molecule has 2 aliphatic heterocycles. The van der Waals surface area contributed by atoms with Crippen molar-refractivity contribution >= 4 is 27.4 Å². The topological polar surface area (TPSA) is 83.4 Å². The molecule has 8 heteroatoms. The molecule has 0 radical (unpaired) electrons. The SMILES string of the molecule is O=c1c2c(F)cc(C3CC3)cc2ccn1-c1cccc(-c2ccnc3[nH]c(C4=CCN(C5COC5)CC4)cc23)c1CO. The third-order valence-corrected chi connectivity index (χ3v) is 9.14. The number of aliphatic hydroxyl groups is 1. The van der Waals surface area contributed by atoms with Crippen molar-refractivity contribution in [2.75, 3.05) is 26.3 Å². The maximum atomic E-state index is 15.2. The summed E-state index contributed by atoms with van der Waals surface area (Å²) in [6.07, 6.45) is 8.79. The number of pyridine rings is 2. The number of aliphatic hydroxyl groups excluding tert-OH is 1. The van der Waals surface area contributed by atoms with E-state index >= 15 is 4.39 Å². The number of hydrogen-bond acceptors (Lipinski definition) is 5. The first-order valence-corrected chi connectivity index (χ1v) is 14.7. The lowest BCUT2D eigenvalue weighted by Gasteiger charge is -2.38. The summed E-state index contributed by atoms with van der Waals surface area (Å²) in [5.74, 6) is -0.103. The third-order valence-electron chi connectivity index (χ3n) is 9.14. The number of ether oxygens (including phenoxy) is 1. The van der Waals surface area contributed by atoms with Gasteiger partial charge in [-0.2, -0.15) is 0 Å². The number of fused-ring (bicyclic) bond motifs is 2. The zero-order chi connectivity index (χ0) is 28.4. The lowest BCUT2D eigenvalue weighted by Crippen LogP contribution is -2.50. The lowest BCUT2D eigenvalue weighted by atomic mass is 9.96. The molecule has 1 aliphatic carbocycles. The second kappa shape index (κ2) is 10.0. The van der Waals surface area contributed by atoms with Crippen LogP contribution in [0.2, 0.25) is 0 Å². The van der Waals surface area contributed by atoms with Gasteiger partial charge >= 0.3 is 0 Å². The van der Waals surface area contributed by atoms with Crippen molar-refractivity contribution < 1.29 is 14.2 Å². The molecule has 7 nitrogen and oxygen atoms in total. The standard InChI is InChI=1S/C34H31FN4O3/c35-29-15-23(20-4-5-20)14-22-9-13-39(34(41)32(22)29)31-3-1-2-25(28(31)17-40)26-6-10-36-33-27(26)16-30(37-33)21-7-11-38(12-8-21)24-18-42-19-24/h1-3,6-7,9-10,13-16,20,24,40H,4-5,8,11-12,17-19H2,(H,36,37). The van der Waals surface area contributed by atoms with Crippen molar-refractivity contribution in [3.8, 4) is 16.8 Å². The summed E-state index contributed by atoms with van der Waals surface area (Å²) in [5.41, 5.74) is 6.44. The molecule has 0 bridgehead atoms. The monoisotopic (exact) mass is 562 g/mol. The highest BCUT2D eigenvalue weighted by atomic mass is 19.1. The average molecular weight is 563 g/mol. The molecule has 1 saturated carbocycles. The van der Waals surface area contributed by atoms with Gasteiger partial charge in [0.25, 0.3) is 5.56 Å². The fraction of sp³-hybridized carbons (Fsp3) is 0.294. The first kappa shape index (κ1) is 25.6.